The number of rotatable bonds is 6. The van der Waals surface area contributed by atoms with E-state index in [0.29, 0.717) is 28.1 Å². The molecule has 0 radical (unpaired) electrons. The minimum absolute atomic E-state index is 0.0578. The number of benzene rings is 1. The van der Waals surface area contributed by atoms with Crippen LogP contribution >= 0.6 is 15.9 Å². The predicted molar refractivity (Wildman–Crippen MR) is 126 cm³/mol. The average molecular weight is 490 g/mol. The number of methoxy groups -OCH3 is 1. The topological polar surface area (TPSA) is 99.0 Å². The first-order valence-electron chi connectivity index (χ1n) is 10.8. The molecule has 31 heavy (non-hydrogen) atoms. The fourth-order valence-electron chi connectivity index (χ4n) is 3.86. The summed E-state index contributed by atoms with van der Waals surface area (Å²) in [5.41, 5.74) is 3.72. The molecule has 166 valence electrons. The SMILES string of the molecule is COc1cc(/C=N/Nc2nc(N3CCCCC3)nc(N3CCCCC3)n2)cc(Br)c1O. The molecule has 0 spiro atoms. The average Bonchev–Trinajstić information content (AvgIpc) is 2.82. The van der Waals surface area contributed by atoms with E-state index in [1.165, 1.54) is 20.0 Å². The van der Waals surface area contributed by atoms with E-state index in [9.17, 15) is 5.11 Å². The number of nitrogens with zero attached hydrogens (tertiary/aromatic N) is 6. The Labute approximate surface area is 190 Å². The smallest absolute Gasteiger partial charge is 0.250 e. The first-order chi connectivity index (χ1) is 15.1. The maximum Gasteiger partial charge on any atom is 0.250 e. The Kier molecular flexibility index (Phi) is 7.06. The highest BCUT2D eigenvalue weighted by atomic mass is 79.9. The molecule has 2 aliphatic heterocycles. The van der Waals surface area contributed by atoms with E-state index in [0.717, 1.165) is 57.4 Å². The second-order valence-electron chi connectivity index (χ2n) is 7.78. The van der Waals surface area contributed by atoms with Gasteiger partial charge in [-0.3, -0.25) is 0 Å². The molecule has 0 bridgehead atoms. The van der Waals surface area contributed by atoms with Crippen LogP contribution in [0.4, 0.5) is 17.8 Å². The van der Waals surface area contributed by atoms with Gasteiger partial charge in [-0.2, -0.15) is 20.1 Å². The van der Waals surface area contributed by atoms with E-state index in [1.54, 1.807) is 18.3 Å². The van der Waals surface area contributed by atoms with Gasteiger partial charge in [-0.25, -0.2) is 5.43 Å². The van der Waals surface area contributed by atoms with Gasteiger partial charge in [0, 0.05) is 26.2 Å². The van der Waals surface area contributed by atoms with E-state index in [-0.39, 0.29) is 5.75 Å². The number of hydrogen-bond acceptors (Lipinski definition) is 9. The van der Waals surface area contributed by atoms with E-state index in [1.807, 2.05) is 0 Å². The van der Waals surface area contributed by atoms with Gasteiger partial charge in [-0.15, -0.1) is 0 Å². The third-order valence-electron chi connectivity index (χ3n) is 5.54. The third-order valence-corrected chi connectivity index (χ3v) is 6.14. The Bertz CT molecular complexity index is 892. The Hall–Kier alpha value is -2.62. The monoisotopic (exact) mass is 489 g/mol. The molecule has 0 saturated carbocycles. The normalized spacial score (nSPS) is 17.2. The summed E-state index contributed by atoms with van der Waals surface area (Å²) in [6.45, 7) is 3.86. The summed E-state index contributed by atoms with van der Waals surface area (Å²) in [5, 5.41) is 14.3. The Morgan fingerprint density at radius 3 is 2.10 bits per heavy atom. The number of anilines is 3. The van der Waals surface area contributed by atoms with Gasteiger partial charge in [0.05, 0.1) is 17.8 Å². The summed E-state index contributed by atoms with van der Waals surface area (Å²) in [7, 11) is 1.51. The number of nitrogens with one attached hydrogen (secondary N) is 1. The summed E-state index contributed by atoms with van der Waals surface area (Å²) in [4.78, 5) is 18.5. The summed E-state index contributed by atoms with van der Waals surface area (Å²) >= 11 is 3.33. The van der Waals surface area contributed by atoms with E-state index in [2.05, 4.69) is 46.2 Å². The van der Waals surface area contributed by atoms with Crippen molar-refractivity contribution in [2.24, 2.45) is 5.10 Å². The van der Waals surface area contributed by atoms with Gasteiger partial charge in [-0.05, 0) is 72.2 Å². The molecule has 2 saturated heterocycles. The van der Waals surface area contributed by atoms with Gasteiger partial charge in [-0.1, -0.05) is 0 Å². The van der Waals surface area contributed by atoms with Crippen molar-refractivity contribution < 1.29 is 9.84 Å². The van der Waals surface area contributed by atoms with Crippen LogP contribution in [-0.4, -0.2) is 59.6 Å². The van der Waals surface area contributed by atoms with Crippen LogP contribution in [0.3, 0.4) is 0 Å². The Balaban J connectivity index is 1.56. The van der Waals surface area contributed by atoms with Crippen LogP contribution in [0.1, 0.15) is 44.1 Å². The molecule has 9 nitrogen and oxygen atoms in total. The zero-order valence-corrected chi connectivity index (χ0v) is 19.3. The number of aromatic hydroxyl groups is 1. The van der Waals surface area contributed by atoms with Crippen molar-refractivity contribution in [3.05, 3.63) is 22.2 Å². The summed E-state index contributed by atoms with van der Waals surface area (Å²) in [6.07, 6.45) is 8.76. The molecule has 1 aromatic heterocycles. The molecular weight excluding hydrogens is 462 g/mol. The lowest BCUT2D eigenvalue weighted by Gasteiger charge is -2.30. The highest BCUT2D eigenvalue weighted by Gasteiger charge is 2.20. The molecule has 2 N–H and O–H groups in total. The quantitative estimate of drug-likeness (QED) is 0.467. The zero-order valence-electron chi connectivity index (χ0n) is 17.7. The van der Waals surface area contributed by atoms with Gasteiger partial charge in [0.1, 0.15) is 0 Å². The minimum atomic E-state index is 0.0578. The number of hydrazone groups is 1. The van der Waals surface area contributed by atoms with Crippen LogP contribution < -0.4 is 20.0 Å². The van der Waals surface area contributed by atoms with Gasteiger partial charge in [0.15, 0.2) is 11.5 Å². The molecule has 4 rings (SSSR count). The molecule has 0 amide bonds. The fraction of sp³-hybridized carbons (Fsp3) is 0.524. The molecule has 0 aliphatic carbocycles. The molecule has 3 heterocycles. The maximum atomic E-state index is 9.97. The van der Waals surface area contributed by atoms with Crippen molar-refractivity contribution >= 4 is 40.0 Å². The van der Waals surface area contributed by atoms with Gasteiger partial charge in [0.2, 0.25) is 17.8 Å². The number of ether oxygens (including phenoxy) is 1. The zero-order chi connectivity index (χ0) is 21.6. The molecule has 2 aliphatic rings. The Morgan fingerprint density at radius 2 is 1.55 bits per heavy atom. The number of halogens is 1. The number of aromatic nitrogens is 3. The first kappa shape index (κ1) is 21.6. The maximum absolute atomic E-state index is 9.97. The highest BCUT2D eigenvalue weighted by Crippen LogP contribution is 2.34. The highest BCUT2D eigenvalue weighted by molar-refractivity contribution is 9.10. The molecule has 0 atom stereocenters. The van der Waals surface area contributed by atoms with Crippen molar-refractivity contribution in [2.75, 3.05) is 48.5 Å². The lowest BCUT2D eigenvalue weighted by atomic mass is 10.1. The number of piperidine rings is 2. The third kappa shape index (κ3) is 5.36. The first-order valence-corrected chi connectivity index (χ1v) is 11.5. The van der Waals surface area contributed by atoms with Crippen LogP contribution in [0.15, 0.2) is 21.7 Å². The molecule has 2 aromatic rings. The molecule has 10 heteroatoms. The summed E-state index contributed by atoms with van der Waals surface area (Å²) < 4.78 is 5.73. The van der Waals surface area contributed by atoms with Gasteiger partial charge in [0.25, 0.3) is 0 Å². The van der Waals surface area contributed by atoms with Crippen molar-refractivity contribution in [2.45, 2.75) is 38.5 Å². The molecule has 2 fully saturated rings. The Morgan fingerprint density at radius 1 is 0.968 bits per heavy atom. The second kappa shape index (κ2) is 10.1. The van der Waals surface area contributed by atoms with Gasteiger partial charge >= 0.3 is 0 Å². The fourth-order valence-corrected chi connectivity index (χ4v) is 4.32. The molecule has 0 unspecified atom stereocenters. The second-order valence-corrected chi connectivity index (χ2v) is 8.63. The van der Waals surface area contributed by atoms with E-state index in [4.69, 9.17) is 9.72 Å². The van der Waals surface area contributed by atoms with Crippen molar-refractivity contribution in [3.63, 3.8) is 0 Å². The molecular formula is C21H28BrN7O2. The van der Waals surface area contributed by atoms with Crippen molar-refractivity contribution in [3.8, 4) is 11.5 Å². The van der Waals surface area contributed by atoms with E-state index >= 15 is 0 Å². The van der Waals surface area contributed by atoms with Crippen molar-refractivity contribution in [1.29, 1.82) is 0 Å². The molecule has 1 aromatic carbocycles. The van der Waals surface area contributed by atoms with Crippen LogP contribution in [0.2, 0.25) is 0 Å². The standard InChI is InChI=1S/C21H28BrN7O2/c1-31-17-13-15(12-16(22)18(17)30)14-23-27-19-24-20(28-8-4-2-5-9-28)26-21(25-19)29-10-6-3-7-11-29/h12-14,30H,2-11H2,1H3,(H,24,25,26,27)/b23-14+. The van der Waals surface area contributed by atoms with Crippen LogP contribution in [0.5, 0.6) is 11.5 Å². The number of phenols is 1. The number of phenolic OH excluding ortho intramolecular Hbond substituents is 1. The van der Waals surface area contributed by atoms with Crippen LogP contribution in [0, 0.1) is 0 Å². The van der Waals surface area contributed by atoms with Gasteiger partial charge < -0.3 is 19.6 Å². The summed E-state index contributed by atoms with van der Waals surface area (Å²) in [6, 6.07) is 3.46. The lowest BCUT2D eigenvalue weighted by Crippen LogP contribution is -2.34. The number of hydrogen-bond donors (Lipinski definition) is 2. The van der Waals surface area contributed by atoms with E-state index < -0.39 is 0 Å². The summed E-state index contributed by atoms with van der Waals surface area (Å²) in [5.74, 6) is 2.28. The largest absolute Gasteiger partial charge is 0.503 e. The predicted octanol–water partition coefficient (Wildman–Crippen LogP) is 3.77. The lowest BCUT2D eigenvalue weighted by molar-refractivity contribution is 0.372. The van der Waals surface area contributed by atoms with Crippen molar-refractivity contribution in [1.82, 2.24) is 15.0 Å². The van der Waals surface area contributed by atoms with Crippen LogP contribution in [0.25, 0.3) is 0 Å². The minimum Gasteiger partial charge on any atom is -0.503 e. The van der Waals surface area contributed by atoms with Crippen LogP contribution in [-0.2, 0) is 0 Å².